The maximum Gasteiger partial charge on any atom is 0.317 e. The molecule has 7 heteroatoms. The molecule has 7 nitrogen and oxygen atoms in total. The van der Waals surface area contributed by atoms with Crippen molar-refractivity contribution in [3.8, 4) is 11.1 Å². The maximum absolute atomic E-state index is 12.7. The fourth-order valence-electron chi connectivity index (χ4n) is 4.28. The number of aromatic nitrogens is 2. The van der Waals surface area contributed by atoms with Crippen molar-refractivity contribution in [3.63, 3.8) is 0 Å². The monoisotopic (exact) mass is 420 g/mol. The van der Waals surface area contributed by atoms with Crippen LogP contribution in [0.25, 0.3) is 21.9 Å². The molecular formula is C24H28N4O3. The first kappa shape index (κ1) is 21.1. The quantitative estimate of drug-likeness (QED) is 0.637. The molecule has 0 atom stereocenters. The van der Waals surface area contributed by atoms with Crippen LogP contribution in [0.3, 0.4) is 0 Å². The summed E-state index contributed by atoms with van der Waals surface area (Å²) in [6.45, 7) is 3.42. The number of aryl methyl sites for hydroxylation is 2. The lowest BCUT2D eigenvalue weighted by Crippen LogP contribution is -2.40. The van der Waals surface area contributed by atoms with Gasteiger partial charge in [-0.05, 0) is 67.1 Å². The Kier molecular flexibility index (Phi) is 6.04. The van der Waals surface area contributed by atoms with E-state index >= 15 is 0 Å². The maximum atomic E-state index is 12.7. The minimum atomic E-state index is -0.830. The van der Waals surface area contributed by atoms with Crippen LogP contribution in [0.4, 0.5) is 5.82 Å². The zero-order valence-corrected chi connectivity index (χ0v) is 18.0. The smallest absolute Gasteiger partial charge is 0.317 e. The molecule has 1 fully saturated rings. The van der Waals surface area contributed by atoms with Gasteiger partial charge in [-0.3, -0.25) is 14.5 Å². The largest absolute Gasteiger partial charge is 0.480 e. The lowest BCUT2D eigenvalue weighted by Gasteiger charge is -2.29. The number of likely N-dealkylation sites (tertiary alicyclic amines) is 1. The van der Waals surface area contributed by atoms with Gasteiger partial charge in [-0.2, -0.15) is 0 Å². The van der Waals surface area contributed by atoms with Gasteiger partial charge in [0.25, 0.3) is 0 Å². The molecule has 1 aliphatic rings. The number of hydrogen-bond acceptors (Lipinski definition) is 4. The van der Waals surface area contributed by atoms with Gasteiger partial charge < -0.3 is 15.0 Å². The van der Waals surface area contributed by atoms with Crippen LogP contribution in [-0.2, 0) is 23.1 Å². The van der Waals surface area contributed by atoms with Crippen LogP contribution in [0, 0.1) is 5.92 Å². The molecule has 0 unspecified atom stereocenters. The van der Waals surface area contributed by atoms with E-state index in [2.05, 4.69) is 59.3 Å². The van der Waals surface area contributed by atoms with E-state index in [1.807, 2.05) is 11.0 Å². The number of amides is 1. The van der Waals surface area contributed by atoms with E-state index in [-0.39, 0.29) is 18.4 Å². The number of hydrogen-bond donors (Lipinski definition) is 2. The summed E-state index contributed by atoms with van der Waals surface area (Å²) < 4.78 is 2.15. The molecule has 162 valence electrons. The Hall–Kier alpha value is -3.19. The van der Waals surface area contributed by atoms with Crippen LogP contribution in [0.5, 0.6) is 0 Å². The Morgan fingerprint density at radius 1 is 1.13 bits per heavy atom. The van der Waals surface area contributed by atoms with Crippen molar-refractivity contribution < 1.29 is 14.7 Å². The second kappa shape index (κ2) is 8.89. The SMILES string of the molecule is CCc1cc(-c2ccc3cnc(NC(=O)C4CCN(CC(=O)O)CC4)cc3c2)cn1C. The van der Waals surface area contributed by atoms with Gasteiger partial charge in [-0.15, -0.1) is 0 Å². The number of carbonyl (C=O) groups is 2. The minimum Gasteiger partial charge on any atom is -0.480 e. The number of anilines is 1. The molecule has 3 heterocycles. The Bertz CT molecular complexity index is 1110. The predicted molar refractivity (Wildman–Crippen MR) is 121 cm³/mol. The van der Waals surface area contributed by atoms with Crippen LogP contribution < -0.4 is 5.32 Å². The summed E-state index contributed by atoms with van der Waals surface area (Å²) in [5, 5.41) is 13.9. The summed E-state index contributed by atoms with van der Waals surface area (Å²) >= 11 is 0. The molecule has 2 aromatic heterocycles. The van der Waals surface area contributed by atoms with Crippen molar-refractivity contribution in [1.82, 2.24) is 14.5 Å². The van der Waals surface area contributed by atoms with Crippen molar-refractivity contribution in [1.29, 1.82) is 0 Å². The first-order valence-electron chi connectivity index (χ1n) is 10.7. The number of rotatable bonds is 6. The third-order valence-electron chi connectivity index (χ3n) is 6.09. The van der Waals surface area contributed by atoms with Crippen molar-refractivity contribution in [3.05, 3.63) is 48.4 Å². The second-order valence-corrected chi connectivity index (χ2v) is 8.25. The lowest BCUT2D eigenvalue weighted by molar-refractivity contribution is -0.138. The molecule has 2 N–H and O–H groups in total. The number of benzene rings is 1. The summed E-state index contributed by atoms with van der Waals surface area (Å²) in [4.78, 5) is 29.8. The number of aliphatic carboxylic acids is 1. The Morgan fingerprint density at radius 3 is 2.58 bits per heavy atom. The average molecular weight is 421 g/mol. The summed E-state index contributed by atoms with van der Waals surface area (Å²) in [5.41, 5.74) is 3.60. The molecule has 1 aliphatic heterocycles. The molecule has 1 amide bonds. The van der Waals surface area contributed by atoms with E-state index in [0.717, 1.165) is 22.8 Å². The molecule has 1 aromatic carbocycles. The topological polar surface area (TPSA) is 87.5 Å². The van der Waals surface area contributed by atoms with Crippen LogP contribution in [0.2, 0.25) is 0 Å². The van der Waals surface area contributed by atoms with E-state index in [1.165, 1.54) is 11.3 Å². The lowest BCUT2D eigenvalue weighted by atomic mass is 9.96. The van der Waals surface area contributed by atoms with Crippen molar-refractivity contribution >= 4 is 28.5 Å². The average Bonchev–Trinajstić information content (AvgIpc) is 3.14. The van der Waals surface area contributed by atoms with Crippen LogP contribution in [-0.4, -0.2) is 51.1 Å². The Morgan fingerprint density at radius 2 is 1.90 bits per heavy atom. The van der Waals surface area contributed by atoms with E-state index in [0.29, 0.717) is 31.7 Å². The molecule has 4 rings (SSSR count). The highest BCUT2D eigenvalue weighted by Crippen LogP contribution is 2.27. The fraction of sp³-hybridized carbons (Fsp3) is 0.375. The molecule has 0 bridgehead atoms. The molecule has 0 saturated carbocycles. The number of nitrogens with one attached hydrogen (secondary N) is 1. The van der Waals surface area contributed by atoms with Crippen LogP contribution in [0.15, 0.2) is 42.7 Å². The first-order chi connectivity index (χ1) is 14.9. The van der Waals surface area contributed by atoms with Crippen molar-refractivity contribution in [2.75, 3.05) is 25.0 Å². The van der Waals surface area contributed by atoms with Crippen molar-refractivity contribution in [2.24, 2.45) is 13.0 Å². The van der Waals surface area contributed by atoms with Gasteiger partial charge >= 0.3 is 5.97 Å². The van der Waals surface area contributed by atoms with Gasteiger partial charge in [0.05, 0.1) is 6.54 Å². The third-order valence-corrected chi connectivity index (χ3v) is 6.09. The number of carboxylic acid groups (broad SMARTS) is 1. The van der Waals surface area contributed by atoms with E-state index in [1.54, 1.807) is 6.20 Å². The molecule has 3 aromatic rings. The Balaban J connectivity index is 1.47. The number of carbonyl (C=O) groups excluding carboxylic acids is 1. The highest BCUT2D eigenvalue weighted by Gasteiger charge is 2.26. The molecular weight excluding hydrogens is 392 g/mol. The third kappa shape index (κ3) is 4.77. The van der Waals surface area contributed by atoms with E-state index < -0.39 is 5.97 Å². The highest BCUT2D eigenvalue weighted by atomic mass is 16.4. The normalized spacial score (nSPS) is 15.3. The Labute approximate surface area is 181 Å². The van der Waals surface area contributed by atoms with Crippen molar-refractivity contribution in [2.45, 2.75) is 26.2 Å². The number of piperidine rings is 1. The standard InChI is InChI=1S/C24H28N4O3/c1-3-21-11-20(14-27(21)2)17-4-5-18-13-25-22(12-19(18)10-17)26-24(31)16-6-8-28(9-7-16)15-23(29)30/h4-5,10-14,16H,3,6-9,15H2,1-2H3,(H,29,30)(H,25,26,31). The second-order valence-electron chi connectivity index (χ2n) is 8.25. The summed E-state index contributed by atoms with van der Waals surface area (Å²) in [6.07, 6.45) is 6.22. The summed E-state index contributed by atoms with van der Waals surface area (Å²) in [7, 11) is 2.06. The molecule has 0 aliphatic carbocycles. The van der Waals surface area contributed by atoms with Gasteiger partial charge in [0, 0.05) is 36.4 Å². The van der Waals surface area contributed by atoms with Gasteiger partial charge in [-0.25, -0.2) is 4.98 Å². The molecule has 0 spiro atoms. The highest BCUT2D eigenvalue weighted by molar-refractivity contribution is 5.95. The predicted octanol–water partition coefficient (Wildman–Crippen LogP) is 3.54. The number of fused-ring (bicyclic) bond motifs is 1. The van der Waals surface area contributed by atoms with Gasteiger partial charge in [0.15, 0.2) is 0 Å². The van der Waals surface area contributed by atoms with Gasteiger partial charge in [0.2, 0.25) is 5.91 Å². The number of carboxylic acids is 1. The number of pyridine rings is 1. The van der Waals surface area contributed by atoms with Crippen LogP contribution in [0.1, 0.15) is 25.5 Å². The van der Waals surface area contributed by atoms with Gasteiger partial charge in [0.1, 0.15) is 5.82 Å². The summed E-state index contributed by atoms with van der Waals surface area (Å²) in [6, 6.07) is 10.4. The first-order valence-corrected chi connectivity index (χ1v) is 10.7. The van der Waals surface area contributed by atoms with Gasteiger partial charge in [-0.1, -0.05) is 19.1 Å². The molecule has 31 heavy (non-hydrogen) atoms. The summed E-state index contributed by atoms with van der Waals surface area (Å²) in [5.74, 6) is -0.451. The number of nitrogens with zero attached hydrogens (tertiary/aromatic N) is 3. The fourth-order valence-corrected chi connectivity index (χ4v) is 4.28. The molecule has 1 saturated heterocycles. The van der Waals surface area contributed by atoms with Crippen LogP contribution >= 0.6 is 0 Å². The minimum absolute atomic E-state index is 0.0318. The van der Waals surface area contributed by atoms with E-state index in [4.69, 9.17) is 5.11 Å². The van der Waals surface area contributed by atoms with E-state index in [9.17, 15) is 9.59 Å². The molecule has 0 radical (unpaired) electrons. The zero-order valence-electron chi connectivity index (χ0n) is 18.0. The zero-order chi connectivity index (χ0) is 22.0.